The van der Waals surface area contributed by atoms with Crippen LogP contribution in [0, 0.1) is 0 Å². The number of para-hydroxylation sites is 1. The molecule has 9 heteroatoms. The quantitative estimate of drug-likeness (QED) is 0.578. The molecule has 1 N–H and O–H groups in total. The van der Waals surface area contributed by atoms with Crippen molar-refractivity contribution in [1.29, 1.82) is 0 Å². The van der Waals surface area contributed by atoms with Crippen molar-refractivity contribution in [3.8, 4) is 0 Å². The van der Waals surface area contributed by atoms with Gasteiger partial charge in [0.1, 0.15) is 12.1 Å². The van der Waals surface area contributed by atoms with Crippen molar-refractivity contribution in [2.45, 2.75) is 43.6 Å². The summed E-state index contributed by atoms with van der Waals surface area (Å²) in [4.78, 5) is 48.0. The molecular formula is C24H24N4O3S2. The van der Waals surface area contributed by atoms with Crippen molar-refractivity contribution in [1.82, 2.24) is 20.1 Å². The molecular weight excluding hydrogens is 456 g/mol. The number of amides is 4. The smallest absolute Gasteiger partial charge is 0.325 e. The Bertz CT molecular complexity index is 1230. The maximum atomic E-state index is 13.4. The number of likely N-dealkylation sites (tertiary alicyclic amines) is 1. The Morgan fingerprint density at radius 1 is 1.18 bits per heavy atom. The van der Waals surface area contributed by atoms with Gasteiger partial charge >= 0.3 is 6.03 Å². The molecule has 0 radical (unpaired) electrons. The molecule has 0 bridgehead atoms. The van der Waals surface area contributed by atoms with E-state index in [1.165, 1.54) is 4.70 Å². The second-order valence-corrected chi connectivity index (χ2v) is 11.1. The lowest BCUT2D eigenvalue weighted by Gasteiger charge is -2.33. The SMILES string of the molecule is O=C(CN1C(=O)N[C@@]2(CCCc3sccc32)C1=O)N1CCC(c2nc3ccccc3s2)CC1. The number of hydrogen-bond acceptors (Lipinski definition) is 6. The van der Waals surface area contributed by atoms with Crippen molar-refractivity contribution < 1.29 is 14.4 Å². The van der Waals surface area contributed by atoms with E-state index in [9.17, 15) is 14.4 Å². The number of piperidine rings is 1. The van der Waals surface area contributed by atoms with Crippen molar-refractivity contribution in [3.05, 3.63) is 51.2 Å². The van der Waals surface area contributed by atoms with Gasteiger partial charge in [0.15, 0.2) is 0 Å². The number of benzene rings is 1. The number of nitrogens with one attached hydrogen (secondary N) is 1. The fourth-order valence-corrected chi connectivity index (χ4v) is 7.50. The average molecular weight is 481 g/mol. The molecule has 1 aliphatic carbocycles. The van der Waals surface area contributed by atoms with Crippen LogP contribution in [0.5, 0.6) is 0 Å². The van der Waals surface area contributed by atoms with E-state index >= 15 is 0 Å². The molecule has 0 unspecified atom stereocenters. The predicted octanol–water partition coefficient (Wildman–Crippen LogP) is 3.85. The van der Waals surface area contributed by atoms with Crippen LogP contribution in [0.3, 0.4) is 0 Å². The third-order valence-electron chi connectivity index (χ3n) is 7.14. The monoisotopic (exact) mass is 480 g/mol. The van der Waals surface area contributed by atoms with Gasteiger partial charge in [-0.25, -0.2) is 9.78 Å². The minimum Gasteiger partial charge on any atom is -0.341 e. The summed E-state index contributed by atoms with van der Waals surface area (Å²) >= 11 is 3.35. The summed E-state index contributed by atoms with van der Waals surface area (Å²) in [6.45, 7) is 1.03. The molecule has 2 saturated heterocycles. The van der Waals surface area contributed by atoms with Gasteiger partial charge in [-0.05, 0) is 55.7 Å². The number of hydrogen-bond donors (Lipinski definition) is 1. The summed E-state index contributed by atoms with van der Waals surface area (Å²) in [5.74, 6) is -0.116. The molecule has 3 aromatic rings. The Hall–Kier alpha value is -2.78. The molecule has 2 aliphatic heterocycles. The van der Waals surface area contributed by atoms with Crippen LogP contribution < -0.4 is 5.32 Å². The molecule has 2 fully saturated rings. The standard InChI is InChI=1S/C24H24N4O3S2/c29-20(27-11-7-15(8-12-27)21-25-17-4-1-2-5-19(17)33-21)14-28-22(30)24(26-23(28)31)10-3-6-18-16(24)9-13-32-18/h1-2,4-5,9,13,15H,3,6-8,10-12,14H2,(H,26,31)/t24-/m1/s1. The Balaban J connectivity index is 1.12. The minimum atomic E-state index is -0.995. The van der Waals surface area contributed by atoms with Crippen molar-refractivity contribution >= 4 is 50.7 Å². The van der Waals surface area contributed by atoms with E-state index in [1.54, 1.807) is 27.6 Å². The molecule has 7 nitrogen and oxygen atoms in total. The van der Waals surface area contributed by atoms with E-state index in [4.69, 9.17) is 4.98 Å². The van der Waals surface area contributed by atoms with Gasteiger partial charge in [-0.3, -0.25) is 14.5 Å². The molecule has 170 valence electrons. The molecule has 4 heterocycles. The van der Waals surface area contributed by atoms with Gasteiger partial charge in [0, 0.05) is 29.4 Å². The number of thiophene rings is 1. The van der Waals surface area contributed by atoms with E-state index in [0.29, 0.717) is 25.4 Å². The lowest BCUT2D eigenvalue weighted by Crippen LogP contribution is -2.48. The van der Waals surface area contributed by atoms with Crippen LogP contribution in [0.15, 0.2) is 35.7 Å². The number of urea groups is 1. The van der Waals surface area contributed by atoms with E-state index < -0.39 is 11.6 Å². The first kappa shape index (κ1) is 20.8. The second-order valence-electron chi connectivity index (χ2n) is 9.01. The summed E-state index contributed by atoms with van der Waals surface area (Å²) in [7, 11) is 0. The van der Waals surface area contributed by atoms with Crippen molar-refractivity contribution in [3.63, 3.8) is 0 Å². The molecule has 1 spiro atoms. The molecule has 1 atom stereocenters. The van der Waals surface area contributed by atoms with Crippen LogP contribution in [-0.4, -0.2) is 52.3 Å². The van der Waals surface area contributed by atoms with Crippen LogP contribution in [0.1, 0.15) is 47.0 Å². The zero-order chi connectivity index (χ0) is 22.6. The first-order valence-electron chi connectivity index (χ1n) is 11.4. The highest BCUT2D eigenvalue weighted by molar-refractivity contribution is 7.18. The first-order chi connectivity index (χ1) is 16.0. The van der Waals surface area contributed by atoms with Crippen LogP contribution in [-0.2, 0) is 21.5 Å². The van der Waals surface area contributed by atoms with Gasteiger partial charge in [0.2, 0.25) is 5.91 Å². The van der Waals surface area contributed by atoms with Gasteiger partial charge in [0.05, 0.1) is 15.2 Å². The third-order valence-corrected chi connectivity index (χ3v) is 9.32. The number of imide groups is 1. The van der Waals surface area contributed by atoms with E-state index in [1.807, 2.05) is 29.6 Å². The van der Waals surface area contributed by atoms with E-state index in [2.05, 4.69) is 11.4 Å². The Kier molecular flexibility index (Phi) is 4.99. The number of rotatable bonds is 3. The molecule has 33 heavy (non-hydrogen) atoms. The number of aromatic nitrogens is 1. The van der Waals surface area contributed by atoms with Crippen LogP contribution >= 0.6 is 22.7 Å². The van der Waals surface area contributed by atoms with Gasteiger partial charge in [-0.1, -0.05) is 12.1 Å². The Morgan fingerprint density at radius 3 is 2.82 bits per heavy atom. The highest BCUT2D eigenvalue weighted by Gasteiger charge is 2.54. The van der Waals surface area contributed by atoms with Crippen LogP contribution in [0.2, 0.25) is 0 Å². The fourth-order valence-electron chi connectivity index (χ4n) is 5.36. The number of nitrogens with zero attached hydrogens (tertiary/aromatic N) is 3. The van der Waals surface area contributed by atoms with Gasteiger partial charge in [-0.2, -0.15) is 0 Å². The molecule has 1 aromatic carbocycles. The largest absolute Gasteiger partial charge is 0.341 e. The first-order valence-corrected chi connectivity index (χ1v) is 13.1. The molecule has 6 rings (SSSR count). The number of thiazole rings is 1. The normalized spacial score (nSPS) is 23.4. The van der Waals surface area contributed by atoms with Gasteiger partial charge in [-0.15, -0.1) is 22.7 Å². The molecule has 0 saturated carbocycles. The third kappa shape index (κ3) is 3.36. The Morgan fingerprint density at radius 2 is 2.00 bits per heavy atom. The minimum absolute atomic E-state index is 0.167. The van der Waals surface area contributed by atoms with Gasteiger partial charge < -0.3 is 10.2 Å². The maximum absolute atomic E-state index is 13.4. The zero-order valence-electron chi connectivity index (χ0n) is 18.1. The molecule has 2 aromatic heterocycles. The van der Waals surface area contributed by atoms with Crippen LogP contribution in [0.4, 0.5) is 4.79 Å². The van der Waals surface area contributed by atoms with Gasteiger partial charge in [0.25, 0.3) is 5.91 Å². The van der Waals surface area contributed by atoms with Crippen molar-refractivity contribution in [2.24, 2.45) is 0 Å². The number of fused-ring (bicyclic) bond motifs is 3. The number of carbonyl (C=O) groups excluding carboxylic acids is 3. The lowest BCUT2D eigenvalue weighted by molar-refractivity contribution is -0.140. The zero-order valence-corrected chi connectivity index (χ0v) is 19.7. The molecule has 3 aliphatic rings. The summed E-state index contributed by atoms with van der Waals surface area (Å²) in [6, 6.07) is 9.62. The number of aryl methyl sites for hydroxylation is 1. The summed E-state index contributed by atoms with van der Waals surface area (Å²) in [5, 5.41) is 6.03. The summed E-state index contributed by atoms with van der Waals surface area (Å²) in [5.41, 5.74) is 0.939. The fraction of sp³-hybridized carbons (Fsp3) is 0.417. The van der Waals surface area contributed by atoms with E-state index in [-0.39, 0.29) is 18.4 Å². The number of carbonyl (C=O) groups is 3. The van der Waals surface area contributed by atoms with Crippen LogP contribution in [0.25, 0.3) is 10.2 Å². The van der Waals surface area contributed by atoms with E-state index in [0.717, 1.165) is 51.5 Å². The highest BCUT2D eigenvalue weighted by atomic mass is 32.1. The topological polar surface area (TPSA) is 82.6 Å². The molecule has 4 amide bonds. The summed E-state index contributed by atoms with van der Waals surface area (Å²) < 4.78 is 1.19. The summed E-state index contributed by atoms with van der Waals surface area (Å²) in [6.07, 6.45) is 4.04. The maximum Gasteiger partial charge on any atom is 0.325 e. The second kappa shape index (κ2) is 7.92. The van der Waals surface area contributed by atoms with Crippen molar-refractivity contribution in [2.75, 3.05) is 19.6 Å². The predicted molar refractivity (Wildman–Crippen MR) is 127 cm³/mol. The Labute approximate surface area is 199 Å². The lowest BCUT2D eigenvalue weighted by atomic mass is 9.80. The average Bonchev–Trinajstić information content (AvgIpc) is 3.54. The highest BCUT2D eigenvalue weighted by Crippen LogP contribution is 2.42.